The summed E-state index contributed by atoms with van der Waals surface area (Å²) < 4.78 is 6.21. The molecule has 2 nitrogen and oxygen atoms in total. The minimum atomic E-state index is -0.105. The zero-order chi connectivity index (χ0) is 14.0. The Balaban J connectivity index is 2.07. The maximum atomic E-state index is 6.15. The molecule has 1 aromatic carbocycles. The van der Waals surface area contributed by atoms with Gasteiger partial charge in [0.2, 0.25) is 0 Å². The second-order valence-electron chi connectivity index (χ2n) is 5.90. The Labute approximate surface area is 123 Å². The van der Waals surface area contributed by atoms with Gasteiger partial charge >= 0.3 is 0 Å². The van der Waals surface area contributed by atoms with E-state index in [0.717, 1.165) is 16.9 Å². The normalized spacial score (nSPS) is 13.5. The summed E-state index contributed by atoms with van der Waals surface area (Å²) in [6, 6.07) is 12.3. The first-order valence-corrected chi connectivity index (χ1v) is 7.26. The Bertz CT molecular complexity index is 537. The van der Waals surface area contributed by atoms with Crippen LogP contribution >= 0.6 is 15.9 Å². The zero-order valence-corrected chi connectivity index (χ0v) is 13.2. The molecule has 1 atom stereocenters. The van der Waals surface area contributed by atoms with Gasteiger partial charge in [-0.3, -0.25) is 0 Å². The molecular formula is C16H20BrNO. The van der Waals surface area contributed by atoms with Crippen molar-refractivity contribution in [1.29, 1.82) is 0 Å². The third kappa shape index (κ3) is 3.71. The van der Waals surface area contributed by atoms with Crippen LogP contribution in [0.2, 0.25) is 0 Å². The lowest BCUT2D eigenvalue weighted by Crippen LogP contribution is -2.13. The monoisotopic (exact) mass is 321 g/mol. The van der Waals surface area contributed by atoms with Gasteiger partial charge in [0.1, 0.15) is 5.76 Å². The van der Waals surface area contributed by atoms with Crippen LogP contribution in [0.1, 0.15) is 43.7 Å². The molecule has 2 rings (SSSR count). The van der Waals surface area contributed by atoms with Crippen LogP contribution < -0.4 is 5.73 Å². The fourth-order valence-electron chi connectivity index (χ4n) is 2.02. The predicted molar refractivity (Wildman–Crippen MR) is 82.2 cm³/mol. The van der Waals surface area contributed by atoms with E-state index in [1.807, 2.05) is 12.1 Å². The molecule has 19 heavy (non-hydrogen) atoms. The number of rotatable bonds is 3. The van der Waals surface area contributed by atoms with Crippen LogP contribution in [0.3, 0.4) is 0 Å². The lowest BCUT2D eigenvalue weighted by Gasteiger charge is -2.19. The molecule has 0 spiro atoms. The van der Waals surface area contributed by atoms with Gasteiger partial charge in [-0.1, -0.05) is 45.0 Å². The van der Waals surface area contributed by atoms with Crippen LogP contribution in [0.5, 0.6) is 0 Å². The van der Waals surface area contributed by atoms with Crippen molar-refractivity contribution in [3.05, 3.63) is 58.0 Å². The Kier molecular flexibility index (Phi) is 4.16. The molecule has 0 radical (unpaired) electrons. The summed E-state index contributed by atoms with van der Waals surface area (Å²) in [4.78, 5) is 0. The molecule has 2 aromatic rings. The summed E-state index contributed by atoms with van der Waals surface area (Å²) in [6.07, 6.45) is 0.782. The van der Waals surface area contributed by atoms with Gasteiger partial charge < -0.3 is 10.2 Å². The molecule has 0 saturated heterocycles. The number of benzene rings is 1. The van der Waals surface area contributed by atoms with Crippen molar-refractivity contribution in [2.45, 2.75) is 38.6 Å². The van der Waals surface area contributed by atoms with Crippen molar-refractivity contribution in [2.24, 2.45) is 5.73 Å². The SMILES string of the molecule is CC(C)(C)c1ccc(CC(N)c2ccc(Br)o2)cc1. The quantitative estimate of drug-likeness (QED) is 0.898. The molecular weight excluding hydrogens is 302 g/mol. The second-order valence-corrected chi connectivity index (χ2v) is 6.68. The Hall–Kier alpha value is -1.06. The molecule has 3 heteroatoms. The highest BCUT2D eigenvalue weighted by Crippen LogP contribution is 2.25. The number of nitrogens with two attached hydrogens (primary N) is 1. The Morgan fingerprint density at radius 2 is 1.74 bits per heavy atom. The average molecular weight is 322 g/mol. The smallest absolute Gasteiger partial charge is 0.169 e. The molecule has 0 aliphatic carbocycles. The van der Waals surface area contributed by atoms with E-state index >= 15 is 0 Å². The summed E-state index contributed by atoms with van der Waals surface area (Å²) in [7, 11) is 0. The van der Waals surface area contributed by atoms with Crippen LogP contribution in [0.4, 0.5) is 0 Å². The van der Waals surface area contributed by atoms with Gasteiger partial charge in [-0.05, 0) is 51.0 Å². The van der Waals surface area contributed by atoms with Gasteiger partial charge in [-0.2, -0.15) is 0 Å². The number of furan rings is 1. The van der Waals surface area contributed by atoms with Crippen LogP contribution in [0.25, 0.3) is 0 Å². The fourth-order valence-corrected chi connectivity index (χ4v) is 2.34. The van der Waals surface area contributed by atoms with Crippen LogP contribution in [-0.4, -0.2) is 0 Å². The molecule has 1 heterocycles. The maximum Gasteiger partial charge on any atom is 0.169 e. The van der Waals surface area contributed by atoms with Gasteiger partial charge in [0.15, 0.2) is 4.67 Å². The van der Waals surface area contributed by atoms with E-state index in [9.17, 15) is 0 Å². The van der Waals surface area contributed by atoms with Crippen molar-refractivity contribution in [3.8, 4) is 0 Å². The predicted octanol–water partition coefficient (Wildman–Crippen LogP) is 4.58. The van der Waals surface area contributed by atoms with Crippen LogP contribution in [-0.2, 0) is 11.8 Å². The van der Waals surface area contributed by atoms with E-state index in [-0.39, 0.29) is 11.5 Å². The Morgan fingerprint density at radius 3 is 2.21 bits per heavy atom. The molecule has 1 aromatic heterocycles. The highest BCUT2D eigenvalue weighted by atomic mass is 79.9. The van der Waals surface area contributed by atoms with Crippen molar-refractivity contribution in [1.82, 2.24) is 0 Å². The molecule has 2 N–H and O–H groups in total. The minimum Gasteiger partial charge on any atom is -0.453 e. The number of hydrogen-bond acceptors (Lipinski definition) is 2. The molecule has 0 saturated carbocycles. The minimum absolute atomic E-state index is 0.105. The van der Waals surface area contributed by atoms with Gasteiger partial charge in [0.05, 0.1) is 6.04 Å². The van der Waals surface area contributed by atoms with Gasteiger partial charge in [0.25, 0.3) is 0 Å². The van der Waals surface area contributed by atoms with Gasteiger partial charge in [0, 0.05) is 0 Å². The van der Waals surface area contributed by atoms with Gasteiger partial charge in [-0.15, -0.1) is 0 Å². The third-order valence-corrected chi connectivity index (χ3v) is 3.66. The van der Waals surface area contributed by atoms with Crippen molar-refractivity contribution in [3.63, 3.8) is 0 Å². The van der Waals surface area contributed by atoms with E-state index < -0.39 is 0 Å². The highest BCUT2D eigenvalue weighted by Gasteiger charge is 2.14. The zero-order valence-electron chi connectivity index (χ0n) is 11.6. The molecule has 0 aliphatic rings. The lowest BCUT2D eigenvalue weighted by molar-refractivity contribution is 0.448. The summed E-state index contributed by atoms with van der Waals surface area (Å²) >= 11 is 3.30. The number of hydrogen-bond donors (Lipinski definition) is 1. The van der Waals surface area contributed by atoms with E-state index in [2.05, 4.69) is 61.0 Å². The molecule has 1 unspecified atom stereocenters. The van der Waals surface area contributed by atoms with E-state index in [1.165, 1.54) is 11.1 Å². The van der Waals surface area contributed by atoms with E-state index in [0.29, 0.717) is 0 Å². The summed E-state index contributed by atoms with van der Waals surface area (Å²) in [5, 5.41) is 0. The first-order chi connectivity index (χ1) is 8.86. The number of halogens is 1. The van der Waals surface area contributed by atoms with Crippen LogP contribution in [0.15, 0.2) is 45.5 Å². The largest absolute Gasteiger partial charge is 0.453 e. The topological polar surface area (TPSA) is 39.2 Å². The lowest BCUT2D eigenvalue weighted by atomic mass is 9.86. The Morgan fingerprint density at radius 1 is 1.11 bits per heavy atom. The summed E-state index contributed by atoms with van der Waals surface area (Å²) in [6.45, 7) is 6.65. The molecule has 102 valence electrons. The average Bonchev–Trinajstić information content (AvgIpc) is 2.75. The highest BCUT2D eigenvalue weighted by molar-refractivity contribution is 9.10. The first-order valence-electron chi connectivity index (χ1n) is 6.46. The maximum absolute atomic E-state index is 6.15. The fraction of sp³-hybridized carbons (Fsp3) is 0.375. The summed E-state index contributed by atoms with van der Waals surface area (Å²) in [5.41, 5.74) is 8.90. The molecule has 0 bridgehead atoms. The molecule has 0 amide bonds. The molecule has 0 fully saturated rings. The van der Waals surface area contributed by atoms with E-state index in [1.54, 1.807) is 0 Å². The van der Waals surface area contributed by atoms with Gasteiger partial charge in [-0.25, -0.2) is 0 Å². The van der Waals surface area contributed by atoms with Crippen molar-refractivity contribution < 1.29 is 4.42 Å². The van der Waals surface area contributed by atoms with Crippen molar-refractivity contribution >= 4 is 15.9 Å². The third-order valence-electron chi connectivity index (χ3n) is 3.24. The second kappa shape index (κ2) is 5.51. The first kappa shape index (κ1) is 14.4. The molecule has 0 aliphatic heterocycles. The van der Waals surface area contributed by atoms with E-state index in [4.69, 9.17) is 10.2 Å². The summed E-state index contributed by atoms with van der Waals surface area (Å²) in [5.74, 6) is 0.812. The standard InChI is InChI=1S/C16H20BrNO/c1-16(2,3)12-6-4-11(5-7-12)10-13(18)14-8-9-15(17)19-14/h4-9,13H,10,18H2,1-3H3. The van der Waals surface area contributed by atoms with Crippen molar-refractivity contribution in [2.75, 3.05) is 0 Å². The van der Waals surface area contributed by atoms with Crippen LogP contribution in [0, 0.1) is 0 Å².